The lowest BCUT2D eigenvalue weighted by Gasteiger charge is -2.37. The standard InChI is InChI=1S/C19H24ClN3OS/c20-17-3-1-14(2-4-17)13-18-21-22-19(25-18)23-9-5-15(6-10-23)16-7-11-24-12-8-16/h1-4,15-16H,5-13H2. The zero-order valence-electron chi connectivity index (χ0n) is 14.4. The number of piperidine rings is 1. The van der Waals surface area contributed by atoms with Crippen molar-refractivity contribution in [1.82, 2.24) is 10.2 Å². The summed E-state index contributed by atoms with van der Waals surface area (Å²) >= 11 is 7.68. The summed E-state index contributed by atoms with van der Waals surface area (Å²) in [7, 11) is 0. The van der Waals surface area contributed by atoms with Gasteiger partial charge in [0, 0.05) is 37.7 Å². The molecule has 0 unspecified atom stereocenters. The minimum atomic E-state index is 0.772. The summed E-state index contributed by atoms with van der Waals surface area (Å²) in [6, 6.07) is 7.98. The summed E-state index contributed by atoms with van der Waals surface area (Å²) in [5.41, 5.74) is 1.23. The monoisotopic (exact) mass is 377 g/mol. The highest BCUT2D eigenvalue weighted by Gasteiger charge is 2.28. The Morgan fingerprint density at radius 2 is 1.68 bits per heavy atom. The van der Waals surface area contributed by atoms with Crippen molar-refractivity contribution in [3.63, 3.8) is 0 Å². The van der Waals surface area contributed by atoms with Crippen molar-refractivity contribution in [2.24, 2.45) is 11.8 Å². The zero-order chi connectivity index (χ0) is 17.1. The molecule has 1 aromatic heterocycles. The average molecular weight is 378 g/mol. The van der Waals surface area contributed by atoms with E-state index in [4.69, 9.17) is 16.3 Å². The SMILES string of the molecule is Clc1ccc(Cc2nnc(N3CCC(C4CCOCC4)CC3)s2)cc1. The third-order valence-corrected chi connectivity index (χ3v) is 6.70. The van der Waals surface area contributed by atoms with Crippen molar-refractivity contribution in [2.75, 3.05) is 31.2 Å². The molecule has 0 spiro atoms. The summed E-state index contributed by atoms with van der Waals surface area (Å²) in [4.78, 5) is 2.42. The van der Waals surface area contributed by atoms with Gasteiger partial charge in [-0.15, -0.1) is 10.2 Å². The van der Waals surface area contributed by atoms with Gasteiger partial charge in [0.05, 0.1) is 0 Å². The second kappa shape index (κ2) is 8.02. The van der Waals surface area contributed by atoms with Gasteiger partial charge in [0.15, 0.2) is 0 Å². The smallest absolute Gasteiger partial charge is 0.208 e. The Kier molecular flexibility index (Phi) is 5.54. The van der Waals surface area contributed by atoms with Crippen LogP contribution in [0.2, 0.25) is 5.02 Å². The molecule has 2 saturated heterocycles. The first-order valence-corrected chi connectivity index (χ1v) is 10.4. The summed E-state index contributed by atoms with van der Waals surface area (Å²) in [6.07, 6.45) is 5.87. The van der Waals surface area contributed by atoms with Gasteiger partial charge in [-0.3, -0.25) is 0 Å². The number of anilines is 1. The topological polar surface area (TPSA) is 38.2 Å². The lowest BCUT2D eigenvalue weighted by molar-refractivity contribution is 0.0419. The summed E-state index contributed by atoms with van der Waals surface area (Å²) in [6.45, 7) is 4.12. The highest BCUT2D eigenvalue weighted by molar-refractivity contribution is 7.15. The quantitative estimate of drug-likeness (QED) is 0.790. The van der Waals surface area contributed by atoms with Crippen LogP contribution in [0.4, 0.5) is 5.13 Å². The Morgan fingerprint density at radius 3 is 2.40 bits per heavy atom. The van der Waals surface area contributed by atoms with Gasteiger partial charge in [-0.05, 0) is 55.2 Å². The number of nitrogens with zero attached hydrogens (tertiary/aromatic N) is 3. The maximum atomic E-state index is 5.95. The molecule has 0 bridgehead atoms. The maximum Gasteiger partial charge on any atom is 0.208 e. The van der Waals surface area contributed by atoms with Crippen LogP contribution in [0.1, 0.15) is 36.3 Å². The van der Waals surface area contributed by atoms with Crippen molar-refractivity contribution < 1.29 is 4.74 Å². The van der Waals surface area contributed by atoms with Gasteiger partial charge in [-0.1, -0.05) is 35.1 Å². The van der Waals surface area contributed by atoms with Crippen LogP contribution >= 0.6 is 22.9 Å². The van der Waals surface area contributed by atoms with Gasteiger partial charge in [0.25, 0.3) is 0 Å². The average Bonchev–Trinajstić information content (AvgIpc) is 3.13. The molecule has 2 fully saturated rings. The van der Waals surface area contributed by atoms with Crippen molar-refractivity contribution in [2.45, 2.75) is 32.1 Å². The number of halogens is 1. The fourth-order valence-electron chi connectivity index (χ4n) is 3.97. The first-order valence-electron chi connectivity index (χ1n) is 9.17. The molecule has 4 rings (SSSR count). The summed E-state index contributed by atoms with van der Waals surface area (Å²) in [5, 5.41) is 11.8. The number of rotatable bonds is 4. The van der Waals surface area contributed by atoms with E-state index in [1.54, 1.807) is 11.3 Å². The van der Waals surface area contributed by atoms with Gasteiger partial charge in [0.1, 0.15) is 5.01 Å². The molecule has 1 aromatic carbocycles. The Labute approximate surface area is 158 Å². The molecule has 0 atom stereocenters. The number of benzene rings is 1. The third-order valence-electron chi connectivity index (χ3n) is 5.47. The van der Waals surface area contributed by atoms with Crippen molar-refractivity contribution >= 4 is 28.1 Å². The molecule has 0 aliphatic carbocycles. The second-order valence-corrected chi connectivity index (χ2v) is 8.53. The van der Waals surface area contributed by atoms with Gasteiger partial charge in [-0.2, -0.15) is 0 Å². The van der Waals surface area contributed by atoms with E-state index in [1.807, 2.05) is 12.1 Å². The molecular formula is C19H24ClN3OS. The van der Waals surface area contributed by atoms with E-state index in [0.717, 1.165) is 59.7 Å². The maximum absolute atomic E-state index is 5.95. The Balaban J connectivity index is 1.32. The second-order valence-electron chi connectivity index (χ2n) is 7.06. The van der Waals surface area contributed by atoms with Gasteiger partial charge in [0.2, 0.25) is 5.13 Å². The van der Waals surface area contributed by atoms with Crippen LogP contribution < -0.4 is 4.90 Å². The van der Waals surface area contributed by atoms with E-state index < -0.39 is 0 Å². The minimum Gasteiger partial charge on any atom is -0.381 e. The summed E-state index contributed by atoms with van der Waals surface area (Å²) in [5.74, 6) is 1.73. The molecule has 134 valence electrons. The lowest BCUT2D eigenvalue weighted by Crippen LogP contribution is -2.37. The van der Waals surface area contributed by atoms with Crippen LogP contribution in [0.3, 0.4) is 0 Å². The van der Waals surface area contributed by atoms with E-state index >= 15 is 0 Å². The van der Waals surface area contributed by atoms with Crippen LogP contribution in [0.25, 0.3) is 0 Å². The van der Waals surface area contributed by atoms with Crippen LogP contribution in [-0.2, 0) is 11.2 Å². The predicted molar refractivity (Wildman–Crippen MR) is 103 cm³/mol. The Morgan fingerprint density at radius 1 is 1.00 bits per heavy atom. The number of hydrogen-bond donors (Lipinski definition) is 0. The Hall–Kier alpha value is -1.17. The summed E-state index contributed by atoms with van der Waals surface area (Å²) < 4.78 is 5.50. The van der Waals surface area contributed by atoms with E-state index in [0.29, 0.717) is 0 Å². The molecule has 2 aliphatic heterocycles. The van der Waals surface area contributed by atoms with Crippen LogP contribution in [0, 0.1) is 11.8 Å². The van der Waals surface area contributed by atoms with Gasteiger partial charge >= 0.3 is 0 Å². The normalized spacial score (nSPS) is 20.1. The Bertz CT molecular complexity index is 676. The fourth-order valence-corrected chi connectivity index (χ4v) is 5.02. The van der Waals surface area contributed by atoms with Crippen molar-refractivity contribution in [3.05, 3.63) is 39.9 Å². The van der Waals surface area contributed by atoms with Crippen molar-refractivity contribution in [1.29, 1.82) is 0 Å². The minimum absolute atomic E-state index is 0.772. The predicted octanol–water partition coefficient (Wildman–Crippen LogP) is 4.43. The highest BCUT2D eigenvalue weighted by atomic mass is 35.5. The number of ether oxygens (including phenoxy) is 1. The molecular weight excluding hydrogens is 354 g/mol. The number of hydrogen-bond acceptors (Lipinski definition) is 5. The zero-order valence-corrected chi connectivity index (χ0v) is 15.9. The largest absolute Gasteiger partial charge is 0.381 e. The van der Waals surface area contributed by atoms with Gasteiger partial charge < -0.3 is 9.64 Å². The third kappa shape index (κ3) is 4.33. The van der Waals surface area contributed by atoms with E-state index in [2.05, 4.69) is 27.2 Å². The van der Waals surface area contributed by atoms with Gasteiger partial charge in [-0.25, -0.2) is 0 Å². The van der Waals surface area contributed by atoms with E-state index in [-0.39, 0.29) is 0 Å². The molecule has 2 aliphatic rings. The molecule has 0 N–H and O–H groups in total. The first kappa shape index (κ1) is 17.3. The molecule has 6 heteroatoms. The molecule has 2 aromatic rings. The molecule has 0 radical (unpaired) electrons. The van der Waals surface area contributed by atoms with Crippen LogP contribution in [0.5, 0.6) is 0 Å². The van der Waals surface area contributed by atoms with Crippen LogP contribution in [0.15, 0.2) is 24.3 Å². The fraction of sp³-hybridized carbons (Fsp3) is 0.579. The molecule has 0 amide bonds. The number of aromatic nitrogens is 2. The molecule has 0 saturated carbocycles. The lowest BCUT2D eigenvalue weighted by atomic mass is 9.80. The van der Waals surface area contributed by atoms with Crippen LogP contribution in [-0.4, -0.2) is 36.5 Å². The molecule has 25 heavy (non-hydrogen) atoms. The molecule has 3 heterocycles. The molecule has 4 nitrogen and oxygen atoms in total. The van der Waals surface area contributed by atoms with E-state index in [1.165, 1.54) is 31.2 Å². The van der Waals surface area contributed by atoms with E-state index in [9.17, 15) is 0 Å². The highest BCUT2D eigenvalue weighted by Crippen LogP contribution is 2.34. The van der Waals surface area contributed by atoms with Crippen molar-refractivity contribution in [3.8, 4) is 0 Å². The first-order chi connectivity index (χ1) is 12.3.